The lowest BCUT2D eigenvalue weighted by Gasteiger charge is -2.11. The van der Waals surface area contributed by atoms with Gasteiger partial charge in [0.1, 0.15) is 0 Å². The first kappa shape index (κ1) is 12.4. The van der Waals surface area contributed by atoms with Crippen molar-refractivity contribution in [1.29, 1.82) is 0 Å². The molecule has 0 heterocycles. The normalized spacial score (nSPS) is 13.0. The van der Waals surface area contributed by atoms with Gasteiger partial charge in [-0.05, 0) is 12.2 Å². The van der Waals surface area contributed by atoms with Gasteiger partial charge in [-0.3, -0.25) is 0 Å². The minimum Gasteiger partial charge on any atom is -0.0973 e. The largest absolute Gasteiger partial charge is 0.0973 e. The molecule has 9 heavy (non-hydrogen) atoms. The zero-order valence-corrected chi connectivity index (χ0v) is 7.60. The van der Waals surface area contributed by atoms with E-state index in [1.165, 1.54) is 0 Å². The van der Waals surface area contributed by atoms with Crippen LogP contribution in [0.3, 0.4) is 0 Å². The monoisotopic (exact) mass is 166 g/mol. The topological polar surface area (TPSA) is 0 Å². The molecule has 0 bridgehead atoms. The molecule has 0 saturated carbocycles. The summed E-state index contributed by atoms with van der Waals surface area (Å²) in [5.41, 5.74) is 0. The van der Waals surface area contributed by atoms with Gasteiger partial charge in [0.15, 0.2) is 0 Å². The Morgan fingerprint density at radius 2 is 1.56 bits per heavy atom. The van der Waals surface area contributed by atoms with Crippen molar-refractivity contribution in [2.24, 2.45) is 5.92 Å². The predicted octanol–water partition coefficient (Wildman–Crippen LogP) is 3.68. The fourth-order valence-corrected chi connectivity index (χ4v) is 2.37. The lowest BCUT2D eigenvalue weighted by atomic mass is 10.2. The van der Waals surface area contributed by atoms with Gasteiger partial charge in [-0.15, -0.1) is 0 Å². The number of hydrogen-bond donors (Lipinski definition) is 0. The second-order valence-corrected chi connectivity index (χ2v) is 5.06. The van der Waals surface area contributed by atoms with Gasteiger partial charge in [0.2, 0.25) is 0 Å². The summed E-state index contributed by atoms with van der Waals surface area (Å²) in [5, 5.41) is 0.796. The molecule has 0 saturated heterocycles. The highest BCUT2D eigenvalue weighted by molar-refractivity contribution is 8.76. The van der Waals surface area contributed by atoms with Crippen molar-refractivity contribution in [1.82, 2.24) is 0 Å². The minimum absolute atomic E-state index is 0. The van der Waals surface area contributed by atoms with Gasteiger partial charge >= 0.3 is 0 Å². The van der Waals surface area contributed by atoms with Gasteiger partial charge in [-0.1, -0.05) is 49.8 Å². The molecule has 0 aromatic heterocycles. The number of hydrogen-bond acceptors (Lipinski definition) is 2. The zero-order valence-electron chi connectivity index (χ0n) is 5.97. The Hall–Kier alpha value is 0.700. The Kier molecular flexibility index (Phi) is 9.38. The van der Waals surface area contributed by atoms with Crippen molar-refractivity contribution in [2.45, 2.75) is 33.4 Å². The van der Waals surface area contributed by atoms with Crippen LogP contribution < -0.4 is 0 Å². The Balaban J connectivity index is 0. The van der Waals surface area contributed by atoms with Crippen LogP contribution in [0.5, 0.6) is 0 Å². The highest BCUT2D eigenvalue weighted by Gasteiger charge is 2.04. The molecule has 0 aliphatic carbocycles. The SMILES string of the molecule is C.CSSC(C)C(C)C. The van der Waals surface area contributed by atoms with E-state index in [4.69, 9.17) is 0 Å². The summed E-state index contributed by atoms with van der Waals surface area (Å²) in [6.07, 6.45) is 2.13. The maximum Gasteiger partial charge on any atom is 0.0146 e. The van der Waals surface area contributed by atoms with E-state index in [0.717, 1.165) is 11.2 Å². The third-order valence-corrected chi connectivity index (χ3v) is 3.72. The van der Waals surface area contributed by atoms with E-state index in [0.29, 0.717) is 0 Å². The maximum atomic E-state index is 2.27. The summed E-state index contributed by atoms with van der Waals surface area (Å²) in [4.78, 5) is 0. The highest BCUT2D eigenvalue weighted by atomic mass is 33.1. The molecule has 0 N–H and O–H groups in total. The third kappa shape index (κ3) is 6.59. The molecule has 58 valence electrons. The molecule has 0 aromatic rings. The minimum atomic E-state index is 0. The molecular formula is C7H18S2. The first-order valence-electron chi connectivity index (χ1n) is 2.88. The van der Waals surface area contributed by atoms with E-state index >= 15 is 0 Å². The lowest BCUT2D eigenvalue weighted by Crippen LogP contribution is -2.02. The molecule has 1 atom stereocenters. The van der Waals surface area contributed by atoms with Crippen LogP contribution in [-0.4, -0.2) is 11.5 Å². The van der Waals surface area contributed by atoms with Crippen LogP contribution in [0.15, 0.2) is 0 Å². The van der Waals surface area contributed by atoms with Gasteiger partial charge in [0.25, 0.3) is 0 Å². The summed E-state index contributed by atoms with van der Waals surface area (Å²) >= 11 is 0. The van der Waals surface area contributed by atoms with Crippen LogP contribution in [0.4, 0.5) is 0 Å². The second kappa shape index (κ2) is 6.81. The summed E-state index contributed by atoms with van der Waals surface area (Å²) < 4.78 is 0. The Morgan fingerprint density at radius 1 is 1.11 bits per heavy atom. The molecular weight excluding hydrogens is 148 g/mol. The Bertz CT molecular complexity index is 52.9. The van der Waals surface area contributed by atoms with E-state index in [9.17, 15) is 0 Å². The smallest absolute Gasteiger partial charge is 0.0146 e. The zero-order chi connectivity index (χ0) is 6.57. The van der Waals surface area contributed by atoms with Gasteiger partial charge in [-0.2, -0.15) is 0 Å². The van der Waals surface area contributed by atoms with Gasteiger partial charge in [0.05, 0.1) is 0 Å². The Morgan fingerprint density at radius 3 is 1.67 bits per heavy atom. The van der Waals surface area contributed by atoms with Crippen molar-refractivity contribution >= 4 is 21.6 Å². The van der Waals surface area contributed by atoms with Crippen LogP contribution in [0.25, 0.3) is 0 Å². The van der Waals surface area contributed by atoms with Crippen LogP contribution in [0, 0.1) is 5.92 Å². The summed E-state index contributed by atoms with van der Waals surface area (Å²) in [6.45, 7) is 6.79. The van der Waals surface area contributed by atoms with Crippen LogP contribution in [0.2, 0.25) is 0 Å². The van der Waals surface area contributed by atoms with Crippen LogP contribution in [0.1, 0.15) is 28.2 Å². The van der Waals surface area contributed by atoms with E-state index in [2.05, 4.69) is 27.0 Å². The van der Waals surface area contributed by atoms with Crippen molar-refractivity contribution in [3.8, 4) is 0 Å². The molecule has 0 aliphatic heterocycles. The standard InChI is InChI=1S/C6H14S2.CH4/c1-5(2)6(3)8-7-4;/h5-6H,1-4H3;1H4. The molecule has 0 radical (unpaired) electrons. The predicted molar refractivity (Wildman–Crippen MR) is 52.1 cm³/mol. The first-order valence-corrected chi connectivity index (χ1v) is 5.50. The van der Waals surface area contributed by atoms with Crippen molar-refractivity contribution in [3.05, 3.63) is 0 Å². The van der Waals surface area contributed by atoms with E-state index < -0.39 is 0 Å². The molecule has 0 aromatic carbocycles. The second-order valence-electron chi connectivity index (χ2n) is 2.21. The molecule has 0 rings (SSSR count). The van der Waals surface area contributed by atoms with Crippen LogP contribution >= 0.6 is 21.6 Å². The molecule has 0 amide bonds. The van der Waals surface area contributed by atoms with Gasteiger partial charge in [0, 0.05) is 5.25 Å². The summed E-state index contributed by atoms with van der Waals surface area (Å²) in [5.74, 6) is 0.812. The molecule has 0 fully saturated rings. The van der Waals surface area contributed by atoms with E-state index in [-0.39, 0.29) is 7.43 Å². The average Bonchev–Trinajstić information content (AvgIpc) is 1.67. The van der Waals surface area contributed by atoms with E-state index in [1.54, 1.807) is 0 Å². The summed E-state index contributed by atoms with van der Waals surface area (Å²) in [6, 6.07) is 0. The maximum absolute atomic E-state index is 2.27. The first-order chi connectivity index (χ1) is 3.68. The van der Waals surface area contributed by atoms with Crippen LogP contribution in [-0.2, 0) is 0 Å². The molecule has 2 heteroatoms. The van der Waals surface area contributed by atoms with Crippen molar-refractivity contribution in [3.63, 3.8) is 0 Å². The Labute approximate surface area is 67.6 Å². The van der Waals surface area contributed by atoms with Crippen molar-refractivity contribution < 1.29 is 0 Å². The van der Waals surface area contributed by atoms with Crippen molar-refractivity contribution in [2.75, 3.05) is 6.26 Å². The molecule has 0 spiro atoms. The fourth-order valence-electron chi connectivity index (χ4n) is 0.263. The van der Waals surface area contributed by atoms with Gasteiger partial charge < -0.3 is 0 Å². The fraction of sp³-hybridized carbons (Fsp3) is 1.00. The highest BCUT2D eigenvalue weighted by Crippen LogP contribution is 2.27. The lowest BCUT2D eigenvalue weighted by molar-refractivity contribution is 0.645. The molecule has 0 nitrogen and oxygen atoms in total. The molecule has 1 unspecified atom stereocenters. The third-order valence-electron chi connectivity index (χ3n) is 1.19. The summed E-state index contributed by atoms with van der Waals surface area (Å²) in [7, 11) is 3.81. The number of rotatable bonds is 3. The van der Waals surface area contributed by atoms with E-state index in [1.807, 2.05) is 21.6 Å². The molecule has 0 aliphatic rings. The average molecular weight is 166 g/mol. The quantitative estimate of drug-likeness (QED) is 0.587. The van der Waals surface area contributed by atoms with Gasteiger partial charge in [-0.25, -0.2) is 0 Å².